The second-order valence-electron chi connectivity index (χ2n) is 14.7. The predicted molar refractivity (Wildman–Crippen MR) is 196 cm³/mol. The molecule has 3 fully saturated rings. The van der Waals surface area contributed by atoms with E-state index in [2.05, 4.69) is 13.2 Å². The van der Waals surface area contributed by atoms with Crippen LogP contribution in [0.3, 0.4) is 0 Å². The fourth-order valence-corrected chi connectivity index (χ4v) is 8.33. The van der Waals surface area contributed by atoms with E-state index in [0.717, 1.165) is 11.1 Å². The number of aliphatic hydroxyl groups is 1. The highest BCUT2D eigenvalue weighted by atomic mass is 16.6. The summed E-state index contributed by atoms with van der Waals surface area (Å²) in [6, 6.07) is 12.8. The van der Waals surface area contributed by atoms with Crippen molar-refractivity contribution in [2.24, 2.45) is 17.8 Å². The van der Waals surface area contributed by atoms with E-state index in [1.54, 1.807) is 29.0 Å². The zero-order valence-electron chi connectivity index (χ0n) is 30.8. The van der Waals surface area contributed by atoms with Gasteiger partial charge in [-0.25, -0.2) is 0 Å². The standard InChI is InChI=1S/C41H53N3O7/c1-9-11-17-33(46)42(8)28(7)36(29-15-13-12-14-16-29)50-40(49)34-32-20-21-41(51-32)35(34)38(47)44(31(24-45)25(3)4)37(41)39(48)43(22-10-2)30-23-26(5)18-19-27(30)6/h9-10,12-16,18-19,23,25,28,31-32,34-37,45H,1-2,11,17,20-22,24H2,3-8H3/t28-,31+,32+,34-,35-,36+,37+,41-/m1/s1. The van der Waals surface area contributed by atoms with Gasteiger partial charge in [0.2, 0.25) is 11.8 Å². The topological polar surface area (TPSA) is 117 Å². The van der Waals surface area contributed by atoms with Gasteiger partial charge >= 0.3 is 5.97 Å². The Balaban J connectivity index is 1.54. The summed E-state index contributed by atoms with van der Waals surface area (Å²) in [4.78, 5) is 62.1. The van der Waals surface area contributed by atoms with Gasteiger partial charge in [0.15, 0.2) is 0 Å². The number of hydrogen-bond acceptors (Lipinski definition) is 7. The number of ether oxygens (including phenoxy) is 2. The van der Waals surface area contributed by atoms with E-state index < -0.39 is 59.6 Å². The molecule has 10 heteroatoms. The number of likely N-dealkylation sites (N-methyl/N-ethyl adjacent to an activating group) is 1. The Morgan fingerprint density at radius 2 is 1.80 bits per heavy atom. The van der Waals surface area contributed by atoms with E-state index in [4.69, 9.17) is 9.47 Å². The maximum Gasteiger partial charge on any atom is 0.313 e. The van der Waals surface area contributed by atoms with E-state index in [0.29, 0.717) is 30.5 Å². The lowest BCUT2D eigenvalue weighted by molar-refractivity contribution is -0.165. The van der Waals surface area contributed by atoms with Crippen LogP contribution in [0.4, 0.5) is 5.69 Å². The van der Waals surface area contributed by atoms with Gasteiger partial charge in [0, 0.05) is 25.7 Å². The number of aliphatic hydroxyl groups excluding tert-OH is 1. The van der Waals surface area contributed by atoms with Crippen molar-refractivity contribution in [1.29, 1.82) is 0 Å². The number of carbonyl (C=O) groups excluding carboxylic acids is 4. The lowest BCUT2D eigenvalue weighted by Gasteiger charge is -2.40. The Hall–Kier alpha value is -4.28. The summed E-state index contributed by atoms with van der Waals surface area (Å²) >= 11 is 0. The molecule has 274 valence electrons. The van der Waals surface area contributed by atoms with Crippen LogP contribution in [0.5, 0.6) is 0 Å². The summed E-state index contributed by atoms with van der Waals surface area (Å²) in [7, 11) is 1.69. The number of benzene rings is 2. The van der Waals surface area contributed by atoms with Gasteiger partial charge in [-0.15, -0.1) is 13.2 Å². The van der Waals surface area contributed by atoms with Gasteiger partial charge < -0.3 is 29.3 Å². The molecule has 51 heavy (non-hydrogen) atoms. The molecule has 0 saturated carbocycles. The van der Waals surface area contributed by atoms with Crippen LogP contribution in [0, 0.1) is 31.6 Å². The number of nitrogens with zero attached hydrogens (tertiary/aromatic N) is 3. The van der Waals surface area contributed by atoms with Crippen molar-refractivity contribution in [1.82, 2.24) is 9.80 Å². The first-order valence-corrected chi connectivity index (χ1v) is 18.0. The molecule has 10 nitrogen and oxygen atoms in total. The van der Waals surface area contributed by atoms with Crippen LogP contribution in [0.2, 0.25) is 0 Å². The first-order valence-electron chi connectivity index (χ1n) is 18.0. The minimum Gasteiger partial charge on any atom is -0.455 e. The van der Waals surface area contributed by atoms with Crippen molar-refractivity contribution >= 4 is 29.4 Å². The van der Waals surface area contributed by atoms with Crippen LogP contribution < -0.4 is 4.90 Å². The number of anilines is 1. The number of likely N-dealkylation sites (tertiary alicyclic amines) is 1. The molecule has 3 amide bonds. The van der Waals surface area contributed by atoms with Gasteiger partial charge in [0.25, 0.3) is 5.91 Å². The monoisotopic (exact) mass is 699 g/mol. The van der Waals surface area contributed by atoms with E-state index in [1.807, 2.05) is 83.1 Å². The Labute approximate surface area is 302 Å². The highest BCUT2D eigenvalue weighted by Gasteiger charge is 2.76. The number of carbonyl (C=O) groups is 4. The normalized spacial score (nSPS) is 25.3. The molecule has 1 spiro atoms. The van der Waals surface area contributed by atoms with Gasteiger partial charge in [-0.05, 0) is 68.7 Å². The third-order valence-electron chi connectivity index (χ3n) is 11.2. The van der Waals surface area contributed by atoms with Gasteiger partial charge in [-0.3, -0.25) is 19.2 Å². The zero-order valence-corrected chi connectivity index (χ0v) is 30.8. The first-order chi connectivity index (χ1) is 24.3. The van der Waals surface area contributed by atoms with Gasteiger partial charge in [-0.1, -0.05) is 68.5 Å². The molecule has 0 aromatic heterocycles. The molecule has 0 unspecified atom stereocenters. The average Bonchev–Trinajstić information content (AvgIpc) is 3.76. The number of rotatable bonds is 15. The van der Waals surface area contributed by atoms with Crippen molar-refractivity contribution in [2.75, 3.05) is 25.1 Å². The number of fused-ring (bicyclic) bond motifs is 1. The summed E-state index contributed by atoms with van der Waals surface area (Å²) in [6.07, 6.45) is 3.53. The van der Waals surface area contributed by atoms with Crippen LogP contribution in [-0.2, 0) is 28.7 Å². The summed E-state index contributed by atoms with van der Waals surface area (Å²) in [6.45, 7) is 17.0. The maximum absolute atomic E-state index is 15.0. The van der Waals surface area contributed by atoms with Crippen molar-refractivity contribution in [3.05, 3.63) is 90.5 Å². The Morgan fingerprint density at radius 1 is 1.10 bits per heavy atom. The molecule has 2 aromatic rings. The number of esters is 1. The summed E-state index contributed by atoms with van der Waals surface area (Å²) in [5, 5.41) is 10.7. The molecule has 3 saturated heterocycles. The third-order valence-corrected chi connectivity index (χ3v) is 11.2. The van der Waals surface area contributed by atoms with Crippen molar-refractivity contribution < 1.29 is 33.8 Å². The second kappa shape index (κ2) is 15.5. The van der Waals surface area contributed by atoms with Crippen LogP contribution in [-0.4, -0.2) is 88.6 Å². The minimum atomic E-state index is -1.30. The van der Waals surface area contributed by atoms with Gasteiger partial charge in [0.1, 0.15) is 17.7 Å². The summed E-state index contributed by atoms with van der Waals surface area (Å²) < 4.78 is 13.1. The molecule has 3 heterocycles. The molecule has 0 radical (unpaired) electrons. The predicted octanol–water partition coefficient (Wildman–Crippen LogP) is 5.31. The summed E-state index contributed by atoms with van der Waals surface area (Å²) in [5.41, 5.74) is 1.97. The highest BCUT2D eigenvalue weighted by Crippen LogP contribution is 2.59. The fourth-order valence-electron chi connectivity index (χ4n) is 8.33. The zero-order chi connectivity index (χ0) is 37.2. The smallest absolute Gasteiger partial charge is 0.313 e. The van der Waals surface area contributed by atoms with E-state index >= 15 is 4.79 Å². The van der Waals surface area contributed by atoms with Crippen LogP contribution in [0.25, 0.3) is 0 Å². The van der Waals surface area contributed by atoms with Crippen LogP contribution in [0.1, 0.15) is 69.2 Å². The van der Waals surface area contributed by atoms with Gasteiger partial charge in [-0.2, -0.15) is 0 Å². The third kappa shape index (κ3) is 6.88. The average molecular weight is 700 g/mol. The molecule has 2 aromatic carbocycles. The molecule has 0 aliphatic carbocycles. The first kappa shape index (κ1) is 38.0. The van der Waals surface area contributed by atoms with E-state index in [9.17, 15) is 19.5 Å². The van der Waals surface area contributed by atoms with Crippen LogP contribution in [0.15, 0.2) is 73.8 Å². The van der Waals surface area contributed by atoms with E-state index in [1.165, 1.54) is 4.90 Å². The molecule has 3 aliphatic heterocycles. The molecule has 8 atom stereocenters. The fraction of sp³-hybridized carbons (Fsp3) is 0.512. The summed E-state index contributed by atoms with van der Waals surface area (Å²) in [5.74, 6) is -3.63. The van der Waals surface area contributed by atoms with Gasteiger partial charge in [0.05, 0.1) is 36.6 Å². The molecule has 5 rings (SSSR count). The lowest BCUT2D eigenvalue weighted by Crippen LogP contribution is -2.60. The highest BCUT2D eigenvalue weighted by molar-refractivity contribution is 6.05. The second-order valence-corrected chi connectivity index (χ2v) is 14.7. The molecule has 1 N–H and O–H groups in total. The Morgan fingerprint density at radius 3 is 2.43 bits per heavy atom. The van der Waals surface area contributed by atoms with E-state index in [-0.39, 0.29) is 37.3 Å². The molecule has 2 bridgehead atoms. The van der Waals surface area contributed by atoms with Crippen molar-refractivity contribution in [2.45, 2.75) is 96.2 Å². The molecular formula is C41H53N3O7. The van der Waals surface area contributed by atoms with Crippen molar-refractivity contribution in [3.63, 3.8) is 0 Å². The Bertz CT molecular complexity index is 1640. The Kier molecular flexibility index (Phi) is 11.6. The molecule has 3 aliphatic rings. The number of aryl methyl sites for hydroxylation is 2. The van der Waals surface area contributed by atoms with Crippen LogP contribution >= 0.6 is 0 Å². The quantitative estimate of drug-likeness (QED) is 0.198. The lowest BCUT2D eigenvalue weighted by atomic mass is 9.70. The largest absolute Gasteiger partial charge is 0.455 e. The number of hydrogen-bond donors (Lipinski definition) is 1. The number of allylic oxidation sites excluding steroid dienone is 1. The maximum atomic E-state index is 15.0. The number of amides is 3. The SMILES string of the molecule is C=CCCC(=O)N(C)[C@H](C)[C@H](OC(=O)[C@@H]1[C@@H]2CC[C@]3(O2)[C@H](C(=O)N(CC=C)c2cc(C)ccc2C)N([C@@H](CO)C(C)C)C(=O)[C@@H]13)c1ccccc1. The molecular weight excluding hydrogens is 646 g/mol. The minimum absolute atomic E-state index is 0.110. The van der Waals surface area contributed by atoms with Crippen molar-refractivity contribution in [3.8, 4) is 0 Å².